The highest BCUT2D eigenvalue weighted by Gasteiger charge is 2.05. The number of fused-ring (bicyclic) bond motifs is 1. The smallest absolute Gasteiger partial charge is 0.317 e. The number of primary amides is 1. The number of urea groups is 1. The average Bonchev–Trinajstić information content (AvgIpc) is 2.51. The summed E-state index contributed by atoms with van der Waals surface area (Å²) in [6.07, 6.45) is 2.83. The van der Waals surface area contributed by atoms with Crippen molar-refractivity contribution in [1.82, 2.24) is 20.2 Å². The maximum Gasteiger partial charge on any atom is 0.317 e. The number of hydrogen-bond acceptors (Lipinski definition) is 4. The lowest BCUT2D eigenvalue weighted by Crippen LogP contribution is -2.20. The van der Waals surface area contributed by atoms with Crippen LogP contribution >= 0.6 is 0 Å². The van der Waals surface area contributed by atoms with Crippen LogP contribution in [0.25, 0.3) is 11.0 Å². The summed E-state index contributed by atoms with van der Waals surface area (Å²) in [7, 11) is 0. The molecule has 0 spiro atoms. The summed E-state index contributed by atoms with van der Waals surface area (Å²) >= 11 is 0. The van der Waals surface area contributed by atoms with Crippen LogP contribution in [0.15, 0.2) is 12.5 Å². The van der Waals surface area contributed by atoms with Gasteiger partial charge in [-0.3, -0.25) is 10.4 Å². The zero-order chi connectivity index (χ0) is 9.26. The molecule has 0 fully saturated rings. The van der Waals surface area contributed by atoms with Gasteiger partial charge < -0.3 is 5.73 Å². The van der Waals surface area contributed by atoms with Crippen LogP contribution in [0.3, 0.4) is 0 Å². The molecule has 7 nitrogen and oxygen atoms in total. The Morgan fingerprint density at radius 2 is 2.38 bits per heavy atom. The number of aromatic nitrogens is 4. The molecule has 0 aliphatic heterocycles. The summed E-state index contributed by atoms with van der Waals surface area (Å²) in [5, 5.41) is 9.38. The maximum atomic E-state index is 10.6. The normalized spacial score (nSPS) is 10.2. The second-order valence-corrected chi connectivity index (χ2v) is 2.34. The number of nitrogens with one attached hydrogen (secondary N) is 2. The number of amides is 2. The van der Waals surface area contributed by atoms with E-state index in [-0.39, 0.29) is 0 Å². The lowest BCUT2D eigenvalue weighted by Gasteiger charge is -1.99. The van der Waals surface area contributed by atoms with Crippen LogP contribution in [0.5, 0.6) is 0 Å². The van der Waals surface area contributed by atoms with Crippen LogP contribution in [0.4, 0.5) is 10.6 Å². The van der Waals surface area contributed by atoms with Gasteiger partial charge in [-0.25, -0.2) is 14.8 Å². The predicted molar refractivity (Wildman–Crippen MR) is 44.9 cm³/mol. The Kier molecular flexibility index (Phi) is 1.55. The monoisotopic (exact) mass is 178 g/mol. The minimum Gasteiger partial charge on any atom is -0.351 e. The minimum absolute atomic E-state index is 0.353. The van der Waals surface area contributed by atoms with Crippen molar-refractivity contribution in [3.63, 3.8) is 0 Å². The predicted octanol–water partition coefficient (Wildman–Crippen LogP) is -0.157. The highest BCUT2D eigenvalue weighted by Crippen LogP contribution is 2.15. The Morgan fingerprint density at radius 3 is 3.15 bits per heavy atom. The molecule has 0 radical (unpaired) electrons. The zero-order valence-corrected chi connectivity index (χ0v) is 6.48. The van der Waals surface area contributed by atoms with E-state index in [0.29, 0.717) is 16.9 Å². The van der Waals surface area contributed by atoms with Crippen molar-refractivity contribution in [3.05, 3.63) is 12.5 Å². The number of rotatable bonds is 1. The highest BCUT2D eigenvalue weighted by atomic mass is 16.2. The number of carbonyl (C=O) groups excluding carboxylic acids is 1. The topological polar surface area (TPSA) is 110 Å². The molecule has 0 unspecified atom stereocenters. The third-order valence-corrected chi connectivity index (χ3v) is 1.49. The van der Waals surface area contributed by atoms with Gasteiger partial charge in [-0.2, -0.15) is 5.10 Å². The number of carbonyl (C=O) groups is 1. The lowest BCUT2D eigenvalue weighted by atomic mass is 10.4. The average molecular weight is 178 g/mol. The number of aromatic amines is 1. The van der Waals surface area contributed by atoms with Gasteiger partial charge in [0, 0.05) is 0 Å². The molecule has 13 heavy (non-hydrogen) atoms. The Labute approximate surface area is 72.4 Å². The van der Waals surface area contributed by atoms with Crippen LogP contribution in [0, 0.1) is 0 Å². The first-order chi connectivity index (χ1) is 6.27. The van der Waals surface area contributed by atoms with Crippen molar-refractivity contribution >= 4 is 22.9 Å². The Morgan fingerprint density at radius 1 is 1.54 bits per heavy atom. The van der Waals surface area contributed by atoms with Gasteiger partial charge in [-0.15, -0.1) is 0 Å². The summed E-state index contributed by atoms with van der Waals surface area (Å²) in [6, 6.07) is -0.666. The molecule has 2 amide bonds. The van der Waals surface area contributed by atoms with Gasteiger partial charge in [0.2, 0.25) is 0 Å². The molecule has 2 rings (SSSR count). The van der Waals surface area contributed by atoms with E-state index in [1.54, 1.807) is 0 Å². The summed E-state index contributed by atoms with van der Waals surface area (Å²) in [4.78, 5) is 18.3. The van der Waals surface area contributed by atoms with E-state index in [4.69, 9.17) is 5.73 Å². The Hall–Kier alpha value is -2.18. The first-order valence-electron chi connectivity index (χ1n) is 3.48. The van der Waals surface area contributed by atoms with Crippen molar-refractivity contribution in [2.45, 2.75) is 0 Å². The van der Waals surface area contributed by atoms with E-state index >= 15 is 0 Å². The van der Waals surface area contributed by atoms with Gasteiger partial charge >= 0.3 is 6.03 Å². The molecular formula is C6H6N6O. The van der Waals surface area contributed by atoms with Gasteiger partial charge in [-0.05, 0) is 0 Å². The number of nitrogens with zero attached hydrogens (tertiary/aromatic N) is 3. The Bertz CT molecular complexity index is 449. The molecule has 0 atom stereocenters. The SMILES string of the molecule is NC(=O)Nc1ncnc2[nH]ncc12. The quantitative estimate of drug-likeness (QED) is 0.563. The molecule has 0 bridgehead atoms. The zero-order valence-electron chi connectivity index (χ0n) is 6.48. The molecular weight excluding hydrogens is 172 g/mol. The molecule has 7 heteroatoms. The molecule has 0 saturated carbocycles. The van der Waals surface area contributed by atoms with Gasteiger partial charge in [-0.1, -0.05) is 0 Å². The van der Waals surface area contributed by atoms with Gasteiger partial charge in [0.25, 0.3) is 0 Å². The summed E-state index contributed by atoms with van der Waals surface area (Å²) in [6.45, 7) is 0. The maximum absolute atomic E-state index is 10.6. The van der Waals surface area contributed by atoms with Crippen LogP contribution in [-0.4, -0.2) is 26.2 Å². The van der Waals surface area contributed by atoms with Crippen molar-refractivity contribution in [3.8, 4) is 0 Å². The van der Waals surface area contributed by atoms with E-state index in [2.05, 4.69) is 25.5 Å². The lowest BCUT2D eigenvalue weighted by molar-refractivity contribution is 0.259. The van der Waals surface area contributed by atoms with Crippen molar-refractivity contribution in [1.29, 1.82) is 0 Å². The first kappa shape index (κ1) is 7.47. The van der Waals surface area contributed by atoms with Crippen LogP contribution < -0.4 is 11.1 Å². The molecule has 0 aromatic carbocycles. The van der Waals surface area contributed by atoms with E-state index in [0.717, 1.165) is 0 Å². The van der Waals surface area contributed by atoms with Crippen molar-refractivity contribution in [2.24, 2.45) is 5.73 Å². The third-order valence-electron chi connectivity index (χ3n) is 1.49. The second-order valence-electron chi connectivity index (χ2n) is 2.34. The molecule has 0 aliphatic carbocycles. The summed E-state index contributed by atoms with van der Waals surface area (Å²) < 4.78 is 0. The molecule has 0 saturated heterocycles. The largest absolute Gasteiger partial charge is 0.351 e. The van der Waals surface area contributed by atoms with Gasteiger partial charge in [0.05, 0.1) is 11.6 Å². The number of H-pyrrole nitrogens is 1. The van der Waals surface area contributed by atoms with E-state index in [9.17, 15) is 4.79 Å². The number of anilines is 1. The van der Waals surface area contributed by atoms with Crippen LogP contribution in [0.1, 0.15) is 0 Å². The molecule has 4 N–H and O–H groups in total. The van der Waals surface area contributed by atoms with Crippen LogP contribution in [-0.2, 0) is 0 Å². The van der Waals surface area contributed by atoms with Gasteiger partial charge in [0.15, 0.2) is 5.65 Å². The van der Waals surface area contributed by atoms with Crippen LogP contribution in [0.2, 0.25) is 0 Å². The fourth-order valence-electron chi connectivity index (χ4n) is 0.981. The van der Waals surface area contributed by atoms with E-state index in [1.807, 2.05) is 0 Å². The molecule has 2 aromatic rings. The minimum atomic E-state index is -0.666. The Balaban J connectivity index is 2.54. The fourth-order valence-corrected chi connectivity index (χ4v) is 0.981. The molecule has 66 valence electrons. The molecule has 0 aliphatic rings. The van der Waals surface area contributed by atoms with E-state index in [1.165, 1.54) is 12.5 Å². The number of nitrogens with two attached hydrogens (primary N) is 1. The standard InChI is InChI=1S/C6H6N6O/c7-6(13)11-4-3-1-10-12-5(3)9-2-8-4/h1-2H,(H4,7,8,9,10,11,12,13). The van der Waals surface area contributed by atoms with Gasteiger partial charge in [0.1, 0.15) is 12.1 Å². The summed E-state index contributed by atoms with van der Waals surface area (Å²) in [5.74, 6) is 0.353. The molecule has 2 heterocycles. The molecule has 2 aromatic heterocycles. The van der Waals surface area contributed by atoms with Crippen molar-refractivity contribution < 1.29 is 4.79 Å². The summed E-state index contributed by atoms with van der Waals surface area (Å²) in [5.41, 5.74) is 5.50. The highest BCUT2D eigenvalue weighted by molar-refractivity contribution is 5.96. The van der Waals surface area contributed by atoms with Crippen molar-refractivity contribution in [2.75, 3.05) is 5.32 Å². The fraction of sp³-hybridized carbons (Fsp3) is 0. The first-order valence-corrected chi connectivity index (χ1v) is 3.48. The second kappa shape index (κ2) is 2.70. The van der Waals surface area contributed by atoms with E-state index < -0.39 is 6.03 Å². The number of hydrogen-bond donors (Lipinski definition) is 3. The third kappa shape index (κ3) is 1.26.